The first-order valence-corrected chi connectivity index (χ1v) is 14.0. The average molecular weight is 551 g/mol. The number of hydrogen-bond donors (Lipinski definition) is 2. The molecule has 11 heteroatoms. The Balaban J connectivity index is 1.19. The summed E-state index contributed by atoms with van der Waals surface area (Å²) in [4.78, 5) is 37.9. The zero-order chi connectivity index (χ0) is 27.7. The van der Waals surface area contributed by atoms with Gasteiger partial charge in [0, 0.05) is 37.4 Å². The summed E-state index contributed by atoms with van der Waals surface area (Å²) < 4.78 is 32.6. The number of carbonyl (C=O) groups is 2. The topological polar surface area (TPSA) is 113 Å². The van der Waals surface area contributed by atoms with Gasteiger partial charge in [-0.1, -0.05) is 30.5 Å². The molecule has 2 saturated carbocycles. The lowest BCUT2D eigenvalue weighted by molar-refractivity contribution is -0.129. The fourth-order valence-corrected chi connectivity index (χ4v) is 6.06. The molecule has 9 nitrogen and oxygen atoms in total. The molecule has 0 radical (unpaired) electrons. The molecular formula is C29H32F2N6O3. The van der Waals surface area contributed by atoms with Gasteiger partial charge >= 0.3 is 0 Å². The van der Waals surface area contributed by atoms with Crippen LogP contribution in [0, 0.1) is 17.6 Å². The summed E-state index contributed by atoms with van der Waals surface area (Å²) in [5.74, 6) is -3.33. The van der Waals surface area contributed by atoms with Gasteiger partial charge in [-0.25, -0.2) is 8.78 Å². The number of hydrogen-bond acceptors (Lipinski definition) is 7. The number of benzene rings is 1. The molecule has 1 aliphatic heterocycles. The van der Waals surface area contributed by atoms with Crippen molar-refractivity contribution in [2.24, 2.45) is 5.92 Å². The summed E-state index contributed by atoms with van der Waals surface area (Å²) in [6, 6.07) is 8.65. The van der Waals surface area contributed by atoms with Crippen LogP contribution in [0.5, 0.6) is 0 Å². The number of carbonyl (C=O) groups excluding carboxylic acids is 2. The van der Waals surface area contributed by atoms with Crippen LogP contribution in [0.3, 0.4) is 0 Å². The van der Waals surface area contributed by atoms with Crippen LogP contribution in [0.15, 0.2) is 47.1 Å². The minimum atomic E-state index is -0.871. The zero-order valence-electron chi connectivity index (χ0n) is 22.1. The number of aromatic nitrogens is 3. The molecule has 2 N–H and O–H groups in total. The summed E-state index contributed by atoms with van der Waals surface area (Å²) >= 11 is 0. The van der Waals surface area contributed by atoms with E-state index < -0.39 is 35.0 Å². The van der Waals surface area contributed by atoms with E-state index in [0.29, 0.717) is 25.1 Å². The van der Waals surface area contributed by atoms with Crippen LogP contribution < -0.4 is 10.6 Å². The van der Waals surface area contributed by atoms with E-state index >= 15 is 0 Å². The monoisotopic (exact) mass is 550 g/mol. The van der Waals surface area contributed by atoms with Crippen molar-refractivity contribution in [3.8, 4) is 11.5 Å². The Morgan fingerprint density at radius 3 is 2.60 bits per heavy atom. The highest BCUT2D eigenvalue weighted by Gasteiger charge is 2.49. The average Bonchev–Trinajstić information content (AvgIpc) is 3.59. The second kappa shape index (κ2) is 11.0. The molecule has 1 saturated heterocycles. The molecule has 0 unspecified atom stereocenters. The summed E-state index contributed by atoms with van der Waals surface area (Å²) in [5, 5.41) is 9.91. The summed E-state index contributed by atoms with van der Waals surface area (Å²) in [6.45, 7) is 1.31. The number of nitrogens with one attached hydrogen (secondary N) is 2. The number of pyridine rings is 1. The van der Waals surface area contributed by atoms with Crippen LogP contribution in [0.2, 0.25) is 0 Å². The highest BCUT2D eigenvalue weighted by atomic mass is 19.1. The number of piperidine rings is 1. The minimum Gasteiger partial charge on any atom is -0.346 e. The van der Waals surface area contributed by atoms with Crippen molar-refractivity contribution < 1.29 is 22.9 Å². The zero-order valence-corrected chi connectivity index (χ0v) is 22.1. The number of halogens is 2. The Morgan fingerprint density at radius 2 is 1.88 bits per heavy atom. The van der Waals surface area contributed by atoms with Crippen LogP contribution in [0.1, 0.15) is 67.7 Å². The molecule has 3 heterocycles. The number of likely N-dealkylation sites (tertiary alicyclic amines) is 1. The van der Waals surface area contributed by atoms with E-state index in [1.807, 2.05) is 18.2 Å². The molecule has 0 spiro atoms. The van der Waals surface area contributed by atoms with Crippen LogP contribution in [-0.4, -0.2) is 57.0 Å². The van der Waals surface area contributed by atoms with Crippen molar-refractivity contribution in [1.29, 1.82) is 0 Å². The van der Waals surface area contributed by atoms with Crippen LogP contribution in [0.25, 0.3) is 11.5 Å². The molecule has 210 valence electrons. The Labute approximate surface area is 230 Å². The number of rotatable bonds is 7. The van der Waals surface area contributed by atoms with E-state index in [-0.39, 0.29) is 23.2 Å². The highest BCUT2D eigenvalue weighted by molar-refractivity contribution is 5.91. The van der Waals surface area contributed by atoms with Crippen molar-refractivity contribution in [3.05, 3.63) is 65.7 Å². The molecule has 3 aromatic rings. The van der Waals surface area contributed by atoms with Crippen molar-refractivity contribution in [3.63, 3.8) is 0 Å². The van der Waals surface area contributed by atoms with E-state index in [4.69, 9.17) is 4.52 Å². The van der Waals surface area contributed by atoms with Gasteiger partial charge in [-0.15, -0.1) is 0 Å². The highest BCUT2D eigenvalue weighted by Crippen LogP contribution is 2.45. The van der Waals surface area contributed by atoms with Crippen LogP contribution >= 0.6 is 0 Å². The molecule has 3 fully saturated rings. The second-order valence-electron chi connectivity index (χ2n) is 11.1. The smallest absolute Gasteiger partial charge is 0.292 e. The minimum absolute atomic E-state index is 0.102. The molecule has 2 atom stereocenters. The normalized spacial score (nSPS) is 22.9. The molecule has 6 rings (SSSR count). The van der Waals surface area contributed by atoms with Crippen molar-refractivity contribution >= 4 is 11.8 Å². The second-order valence-corrected chi connectivity index (χ2v) is 11.1. The summed E-state index contributed by atoms with van der Waals surface area (Å²) in [5.41, 5.74) is 0.272. The Hall–Kier alpha value is -3.73. The van der Waals surface area contributed by atoms with E-state index in [0.717, 1.165) is 44.0 Å². The van der Waals surface area contributed by atoms with Crippen molar-refractivity contribution in [1.82, 2.24) is 30.7 Å². The maximum absolute atomic E-state index is 14.2. The third-order valence-corrected chi connectivity index (χ3v) is 8.45. The molecule has 2 amide bonds. The Morgan fingerprint density at radius 1 is 1.05 bits per heavy atom. The van der Waals surface area contributed by atoms with Crippen molar-refractivity contribution in [2.75, 3.05) is 13.1 Å². The van der Waals surface area contributed by atoms with Gasteiger partial charge in [0.15, 0.2) is 0 Å². The van der Waals surface area contributed by atoms with E-state index in [9.17, 15) is 18.4 Å². The molecule has 40 heavy (non-hydrogen) atoms. The van der Waals surface area contributed by atoms with Gasteiger partial charge < -0.3 is 15.2 Å². The molecule has 1 aromatic carbocycles. The predicted octanol–water partition coefficient (Wildman–Crippen LogP) is 3.97. The largest absolute Gasteiger partial charge is 0.346 e. The molecule has 0 bridgehead atoms. The van der Waals surface area contributed by atoms with E-state index in [2.05, 4.69) is 30.7 Å². The Bertz CT molecular complexity index is 1370. The third kappa shape index (κ3) is 5.47. The Kier molecular flexibility index (Phi) is 7.31. The van der Waals surface area contributed by atoms with E-state index in [1.54, 1.807) is 6.20 Å². The van der Waals surface area contributed by atoms with Crippen LogP contribution in [0.4, 0.5) is 8.78 Å². The first-order valence-electron chi connectivity index (χ1n) is 14.0. The molecule has 2 aliphatic carbocycles. The first kappa shape index (κ1) is 26.5. The predicted molar refractivity (Wildman–Crippen MR) is 141 cm³/mol. The molecule has 3 aliphatic rings. The van der Waals surface area contributed by atoms with E-state index in [1.165, 1.54) is 25.3 Å². The number of nitrogens with zero attached hydrogens (tertiary/aromatic N) is 4. The van der Waals surface area contributed by atoms with Gasteiger partial charge in [0.2, 0.25) is 5.91 Å². The van der Waals surface area contributed by atoms with Crippen LogP contribution in [-0.2, 0) is 10.3 Å². The maximum Gasteiger partial charge on any atom is 0.292 e. The van der Waals surface area contributed by atoms with Gasteiger partial charge in [0.1, 0.15) is 11.6 Å². The fourth-order valence-electron chi connectivity index (χ4n) is 6.06. The third-order valence-electron chi connectivity index (χ3n) is 8.45. The SMILES string of the molecule is O=C(N[C@H]1CCN(C2CCCCC2)C[C@@H]1C(=O)NC1(c2ccccn2)CC1)c1noc(-c2ccc(F)cc2F)n1. The summed E-state index contributed by atoms with van der Waals surface area (Å²) in [6.07, 6.45) is 9.82. The molecular weight excluding hydrogens is 518 g/mol. The van der Waals surface area contributed by atoms with Gasteiger partial charge in [-0.3, -0.25) is 19.5 Å². The fraction of sp³-hybridized carbons (Fsp3) is 0.483. The lowest BCUT2D eigenvalue weighted by Crippen LogP contribution is -2.58. The van der Waals surface area contributed by atoms with Gasteiger partial charge in [-0.05, 0) is 56.4 Å². The maximum atomic E-state index is 14.2. The van der Waals surface area contributed by atoms with Gasteiger partial charge in [0.25, 0.3) is 17.6 Å². The van der Waals surface area contributed by atoms with Crippen molar-refractivity contribution in [2.45, 2.75) is 69.0 Å². The lowest BCUT2D eigenvalue weighted by Gasteiger charge is -2.43. The quantitative estimate of drug-likeness (QED) is 0.458. The number of amides is 2. The van der Waals surface area contributed by atoms with Gasteiger partial charge in [0.05, 0.1) is 22.7 Å². The standard InChI is InChI=1S/C29H32F2N6O3/c30-18-9-10-20(22(31)16-18)28-34-25(36-40-28)27(39)33-23-11-15-37(19-6-2-1-3-7-19)17-21(23)26(38)35-29(12-13-29)24-8-4-5-14-32-24/h4-5,8-10,14,16,19,21,23H,1-3,6-7,11-13,15,17H2,(H,33,39)(H,35,38)/t21-,23-/m0/s1. The van der Waals surface area contributed by atoms with Gasteiger partial charge in [-0.2, -0.15) is 4.98 Å². The lowest BCUT2D eigenvalue weighted by atomic mass is 9.86. The molecule has 2 aromatic heterocycles. The summed E-state index contributed by atoms with van der Waals surface area (Å²) in [7, 11) is 0. The first-order chi connectivity index (χ1) is 19.4.